The van der Waals surface area contributed by atoms with Crippen molar-refractivity contribution in [2.75, 3.05) is 26.4 Å². The average molecular weight is 1410 g/mol. The lowest BCUT2D eigenvalue weighted by molar-refractivity contribution is -0.379. The smallest absolute Gasteiger partial charge is 0.220 e. The van der Waals surface area contributed by atoms with Gasteiger partial charge in [-0.2, -0.15) is 0 Å². The van der Waals surface area contributed by atoms with Gasteiger partial charge in [-0.15, -0.1) is 0 Å². The SMILES string of the molecule is CC/C=C\C/C=C\C/C=C\C/C=C\C/C=C\C/C=C\C/C=C\C/C=C\CCCCCCCCCCC(=O)NC(COC1OC(CO)C(OC2OC(CO)C(OC3OC(CO)C(O)C(O)C3O)C(O)C2O)C(O)C1O)C(O)/C=C/CCCCCCCCCCCCCCCCCCCCCC. The maximum atomic E-state index is 13.5. The summed E-state index contributed by atoms with van der Waals surface area (Å²) in [6.45, 7) is 1.63. The van der Waals surface area contributed by atoms with Crippen LogP contribution in [0.5, 0.6) is 0 Å². The van der Waals surface area contributed by atoms with Crippen molar-refractivity contribution in [1.82, 2.24) is 5.32 Å². The topological polar surface area (TPSA) is 307 Å². The second-order valence-electron chi connectivity index (χ2n) is 27.4. The van der Waals surface area contributed by atoms with Gasteiger partial charge in [0.25, 0.3) is 0 Å². The highest BCUT2D eigenvalue weighted by molar-refractivity contribution is 5.76. The van der Waals surface area contributed by atoms with E-state index in [0.717, 1.165) is 116 Å². The van der Waals surface area contributed by atoms with E-state index in [9.17, 15) is 61.0 Å². The zero-order valence-electron chi connectivity index (χ0n) is 61.4. The number of hydrogen-bond acceptors (Lipinski definition) is 18. The summed E-state index contributed by atoms with van der Waals surface area (Å²) in [6, 6.07) is -0.987. The molecule has 3 aliphatic heterocycles. The van der Waals surface area contributed by atoms with E-state index in [4.69, 9.17) is 28.4 Å². The molecule has 0 aliphatic carbocycles. The number of aliphatic hydroxyl groups is 11. The van der Waals surface area contributed by atoms with Gasteiger partial charge in [0.05, 0.1) is 38.6 Å². The molecule has 0 bridgehead atoms. The van der Waals surface area contributed by atoms with E-state index in [1.807, 2.05) is 6.08 Å². The molecule has 100 heavy (non-hydrogen) atoms. The minimum atomic E-state index is -1.98. The molecular formula is C81H139NO18. The molecule has 0 aromatic rings. The second kappa shape index (κ2) is 60.7. The first-order chi connectivity index (χ1) is 48.8. The van der Waals surface area contributed by atoms with E-state index in [1.165, 1.54) is 122 Å². The molecule has 3 heterocycles. The quantitative estimate of drug-likeness (QED) is 0.0199. The number of nitrogens with one attached hydrogen (secondary N) is 1. The lowest BCUT2D eigenvalue weighted by Gasteiger charge is -2.48. The van der Waals surface area contributed by atoms with Gasteiger partial charge in [0.1, 0.15) is 73.2 Å². The molecule has 0 aromatic heterocycles. The van der Waals surface area contributed by atoms with Crippen LogP contribution in [0.2, 0.25) is 0 Å². The standard InChI is InChI=1S/C81H139NO18/c1-3-5-7-9-11-13-15-17-19-21-23-25-27-28-29-30-31-32-33-34-35-36-37-39-41-43-45-47-49-51-53-55-57-59-69(87)82-64(65(86)58-56-54-52-50-48-46-44-42-40-38-26-24-22-20-18-16-14-12-10-8-6-4-2)63-95-79-75(93)72(90)77(67(61-84)97-79)100-81-76(94)73(91)78(68(62-85)98-81)99-80-74(92)71(89)70(88)66(60-83)96-80/h5,7,11,13,17,19,23,25,28-29,31-32,34-35,37,39,56,58,64-68,70-81,83-86,88-94H,3-4,6,8-10,12,14-16,18,20-22,24,26-27,30,33,36,38,40-55,57,59-63H2,1-2H3,(H,82,87)/b7-5-,13-11-,19-17-,25-23-,29-28-,32-31-,35-34-,39-37-,58-56+. The van der Waals surface area contributed by atoms with E-state index in [2.05, 4.69) is 116 Å². The molecule has 3 fully saturated rings. The molecule has 0 radical (unpaired) electrons. The average Bonchev–Trinajstić information content (AvgIpc) is 0.783. The Bertz CT molecular complexity index is 2230. The van der Waals surface area contributed by atoms with Crippen molar-refractivity contribution in [3.8, 4) is 0 Å². The third-order valence-electron chi connectivity index (χ3n) is 18.8. The zero-order valence-corrected chi connectivity index (χ0v) is 61.4. The van der Waals surface area contributed by atoms with Crippen molar-refractivity contribution in [2.45, 2.75) is 369 Å². The van der Waals surface area contributed by atoms with Gasteiger partial charge in [0.15, 0.2) is 18.9 Å². The number of carbonyl (C=O) groups excluding carboxylic acids is 1. The molecule has 3 saturated heterocycles. The van der Waals surface area contributed by atoms with Crippen LogP contribution in [0.1, 0.15) is 264 Å². The number of allylic oxidation sites excluding steroid dienone is 17. The number of unbranched alkanes of at least 4 members (excludes halogenated alkanes) is 28. The lowest BCUT2D eigenvalue weighted by atomic mass is 9.96. The minimum absolute atomic E-state index is 0.227. The van der Waals surface area contributed by atoms with Crippen LogP contribution in [0.15, 0.2) is 109 Å². The second-order valence-corrected chi connectivity index (χ2v) is 27.4. The van der Waals surface area contributed by atoms with E-state index in [1.54, 1.807) is 6.08 Å². The number of amides is 1. The van der Waals surface area contributed by atoms with E-state index in [0.29, 0.717) is 6.42 Å². The first-order valence-corrected chi connectivity index (χ1v) is 39.1. The summed E-state index contributed by atoms with van der Waals surface area (Å²) in [6.07, 6.45) is 56.2. The number of ether oxygens (including phenoxy) is 6. The van der Waals surface area contributed by atoms with E-state index < -0.39 is 124 Å². The number of carbonyl (C=O) groups is 1. The van der Waals surface area contributed by atoms with Crippen LogP contribution in [0, 0.1) is 0 Å². The fourth-order valence-corrected chi connectivity index (χ4v) is 12.6. The van der Waals surface area contributed by atoms with Gasteiger partial charge in [-0.25, -0.2) is 0 Å². The molecule has 19 nitrogen and oxygen atoms in total. The predicted octanol–water partition coefficient (Wildman–Crippen LogP) is 12.6. The van der Waals surface area contributed by atoms with Crippen LogP contribution >= 0.6 is 0 Å². The third-order valence-corrected chi connectivity index (χ3v) is 18.8. The summed E-state index contributed by atoms with van der Waals surface area (Å²) >= 11 is 0. The van der Waals surface area contributed by atoms with Crippen molar-refractivity contribution in [3.05, 3.63) is 109 Å². The summed E-state index contributed by atoms with van der Waals surface area (Å²) in [5.74, 6) is -0.286. The highest BCUT2D eigenvalue weighted by Gasteiger charge is 2.53. The van der Waals surface area contributed by atoms with Crippen LogP contribution < -0.4 is 5.32 Å². The molecule has 17 unspecified atom stereocenters. The number of hydrogen-bond donors (Lipinski definition) is 12. The Hall–Kier alpha value is -3.55. The minimum Gasteiger partial charge on any atom is -0.394 e. The van der Waals surface area contributed by atoms with Crippen LogP contribution in [-0.4, -0.2) is 193 Å². The van der Waals surface area contributed by atoms with Gasteiger partial charge in [0.2, 0.25) is 5.91 Å². The number of rotatable bonds is 60. The maximum absolute atomic E-state index is 13.5. The molecule has 17 atom stereocenters. The molecule has 1 amide bonds. The van der Waals surface area contributed by atoms with Crippen molar-refractivity contribution < 1.29 is 89.4 Å². The molecule has 12 N–H and O–H groups in total. The first-order valence-electron chi connectivity index (χ1n) is 39.1. The molecule has 0 aromatic carbocycles. The maximum Gasteiger partial charge on any atom is 0.220 e. The Labute approximate surface area is 602 Å². The largest absolute Gasteiger partial charge is 0.394 e. The van der Waals surface area contributed by atoms with Gasteiger partial charge in [-0.05, 0) is 83.5 Å². The predicted molar refractivity (Wildman–Crippen MR) is 397 cm³/mol. The highest BCUT2D eigenvalue weighted by atomic mass is 16.8. The summed E-state index contributed by atoms with van der Waals surface area (Å²) in [4.78, 5) is 13.5. The van der Waals surface area contributed by atoms with Crippen molar-refractivity contribution in [1.29, 1.82) is 0 Å². The fourth-order valence-electron chi connectivity index (χ4n) is 12.6. The number of aliphatic hydroxyl groups excluding tert-OH is 11. The first kappa shape index (κ1) is 90.7. The monoisotopic (exact) mass is 1410 g/mol. The van der Waals surface area contributed by atoms with Gasteiger partial charge in [-0.1, -0.05) is 284 Å². The van der Waals surface area contributed by atoms with Crippen molar-refractivity contribution >= 4 is 5.91 Å². The Morgan fingerprint density at radius 1 is 0.370 bits per heavy atom. The van der Waals surface area contributed by atoms with Crippen LogP contribution in [0.4, 0.5) is 0 Å². The zero-order chi connectivity index (χ0) is 72.5. The van der Waals surface area contributed by atoms with Crippen LogP contribution in [-0.2, 0) is 33.2 Å². The summed E-state index contributed by atoms with van der Waals surface area (Å²) in [5, 5.41) is 121. The Morgan fingerprint density at radius 3 is 1.08 bits per heavy atom. The van der Waals surface area contributed by atoms with E-state index >= 15 is 0 Å². The molecular weight excluding hydrogens is 1270 g/mol. The third kappa shape index (κ3) is 40.6. The Balaban J connectivity index is 1.39. The normalized spacial score (nSPS) is 27.1. The summed E-state index contributed by atoms with van der Waals surface area (Å²) in [7, 11) is 0. The van der Waals surface area contributed by atoms with Gasteiger partial charge in [-0.3, -0.25) is 4.79 Å². The molecule has 0 spiro atoms. The lowest BCUT2D eigenvalue weighted by Crippen LogP contribution is -2.66. The van der Waals surface area contributed by atoms with Crippen LogP contribution in [0.3, 0.4) is 0 Å². The van der Waals surface area contributed by atoms with E-state index in [-0.39, 0.29) is 18.9 Å². The summed E-state index contributed by atoms with van der Waals surface area (Å²) in [5.41, 5.74) is 0. The fraction of sp³-hybridized carbons (Fsp3) is 0.765. The molecule has 576 valence electrons. The van der Waals surface area contributed by atoms with Gasteiger partial charge < -0.3 is 89.9 Å². The summed E-state index contributed by atoms with van der Waals surface area (Å²) < 4.78 is 34.4. The van der Waals surface area contributed by atoms with Gasteiger partial charge in [0, 0.05) is 6.42 Å². The molecule has 0 saturated carbocycles. The molecule has 19 heteroatoms. The Kier molecular flexibility index (Phi) is 55.0. The van der Waals surface area contributed by atoms with Crippen molar-refractivity contribution in [2.24, 2.45) is 0 Å². The Morgan fingerprint density at radius 2 is 0.690 bits per heavy atom. The highest BCUT2D eigenvalue weighted by Crippen LogP contribution is 2.33. The molecule has 3 rings (SSSR count). The van der Waals surface area contributed by atoms with Crippen LogP contribution in [0.25, 0.3) is 0 Å². The van der Waals surface area contributed by atoms with Crippen molar-refractivity contribution in [3.63, 3.8) is 0 Å². The molecule has 3 aliphatic rings. The van der Waals surface area contributed by atoms with Gasteiger partial charge >= 0.3 is 0 Å².